The Bertz CT molecular complexity index is 1240. The molecular formula is C28H28N2O6. The highest BCUT2D eigenvalue weighted by molar-refractivity contribution is 6.04. The van der Waals surface area contributed by atoms with Crippen molar-refractivity contribution in [2.45, 2.75) is 13.0 Å². The van der Waals surface area contributed by atoms with Crippen molar-refractivity contribution in [1.29, 1.82) is 0 Å². The van der Waals surface area contributed by atoms with Crippen molar-refractivity contribution in [3.05, 3.63) is 95.6 Å². The number of nitrogens with one attached hydrogen (secondary N) is 2. The molecule has 0 bridgehead atoms. The molecule has 1 atom stereocenters. The van der Waals surface area contributed by atoms with E-state index in [1.54, 1.807) is 48.5 Å². The van der Waals surface area contributed by atoms with Gasteiger partial charge in [0, 0.05) is 6.08 Å². The minimum Gasteiger partial charge on any atom is -0.493 e. The molecule has 8 nitrogen and oxygen atoms in total. The number of para-hydroxylation sites is 1. The van der Waals surface area contributed by atoms with Crippen LogP contribution in [-0.2, 0) is 14.3 Å². The fraction of sp³-hybridized carbons (Fsp3) is 0.179. The second-order valence-electron chi connectivity index (χ2n) is 7.76. The molecule has 0 aliphatic carbocycles. The molecule has 0 saturated heterocycles. The van der Waals surface area contributed by atoms with Gasteiger partial charge in [0.1, 0.15) is 0 Å². The predicted molar refractivity (Wildman–Crippen MR) is 137 cm³/mol. The molecule has 0 saturated carbocycles. The average molecular weight is 489 g/mol. The Morgan fingerprint density at radius 2 is 1.64 bits per heavy atom. The summed E-state index contributed by atoms with van der Waals surface area (Å²) in [4.78, 5) is 36.8. The summed E-state index contributed by atoms with van der Waals surface area (Å²) in [6, 6.07) is 21.2. The van der Waals surface area contributed by atoms with Crippen LogP contribution >= 0.6 is 0 Å². The molecule has 0 heterocycles. The fourth-order valence-corrected chi connectivity index (χ4v) is 3.36. The van der Waals surface area contributed by atoms with Crippen molar-refractivity contribution in [3.63, 3.8) is 0 Å². The van der Waals surface area contributed by atoms with Gasteiger partial charge in [-0.2, -0.15) is 0 Å². The molecule has 0 aliphatic rings. The van der Waals surface area contributed by atoms with Crippen molar-refractivity contribution >= 4 is 29.5 Å². The number of amides is 2. The lowest BCUT2D eigenvalue weighted by Gasteiger charge is -2.16. The highest BCUT2D eigenvalue weighted by atomic mass is 16.5. The minimum atomic E-state index is -0.477. The normalized spacial score (nSPS) is 11.4. The van der Waals surface area contributed by atoms with Crippen LogP contribution in [-0.4, -0.2) is 38.6 Å². The Labute approximate surface area is 209 Å². The zero-order valence-corrected chi connectivity index (χ0v) is 20.3. The number of carbonyl (C=O) groups excluding carboxylic acids is 3. The van der Waals surface area contributed by atoms with Gasteiger partial charge < -0.3 is 24.8 Å². The maximum atomic E-state index is 12.9. The molecule has 36 heavy (non-hydrogen) atoms. The molecule has 0 radical (unpaired) electrons. The predicted octanol–water partition coefficient (Wildman–Crippen LogP) is 4.39. The zero-order chi connectivity index (χ0) is 25.9. The molecule has 0 fully saturated rings. The van der Waals surface area contributed by atoms with Gasteiger partial charge in [-0.25, -0.2) is 4.79 Å². The fourth-order valence-electron chi connectivity index (χ4n) is 3.36. The van der Waals surface area contributed by atoms with E-state index in [1.807, 2.05) is 37.3 Å². The highest BCUT2D eigenvalue weighted by Gasteiger charge is 2.16. The van der Waals surface area contributed by atoms with Crippen molar-refractivity contribution in [2.75, 3.05) is 26.1 Å². The number of anilines is 1. The van der Waals surface area contributed by atoms with Crippen LogP contribution in [0.15, 0.2) is 78.9 Å². The van der Waals surface area contributed by atoms with Crippen LogP contribution in [0.4, 0.5) is 5.69 Å². The summed E-state index contributed by atoms with van der Waals surface area (Å²) in [6.07, 6.45) is 2.86. The van der Waals surface area contributed by atoms with Crippen LogP contribution in [0.2, 0.25) is 0 Å². The van der Waals surface area contributed by atoms with E-state index in [2.05, 4.69) is 15.4 Å². The minimum absolute atomic E-state index is 0.205. The van der Waals surface area contributed by atoms with Crippen LogP contribution < -0.4 is 20.1 Å². The van der Waals surface area contributed by atoms with E-state index in [1.165, 1.54) is 20.3 Å². The van der Waals surface area contributed by atoms with Gasteiger partial charge in [0.25, 0.3) is 11.8 Å². The molecule has 2 N–H and O–H groups in total. The Morgan fingerprint density at radius 3 is 2.36 bits per heavy atom. The summed E-state index contributed by atoms with van der Waals surface area (Å²) in [5.41, 5.74) is 2.38. The third-order valence-electron chi connectivity index (χ3n) is 5.25. The van der Waals surface area contributed by atoms with Crippen molar-refractivity contribution < 1.29 is 28.6 Å². The van der Waals surface area contributed by atoms with Gasteiger partial charge in [-0.05, 0) is 48.4 Å². The summed E-state index contributed by atoms with van der Waals surface area (Å²) in [6.45, 7) is 1.59. The maximum Gasteiger partial charge on any atom is 0.330 e. The molecular weight excluding hydrogens is 460 g/mol. The van der Waals surface area contributed by atoms with Gasteiger partial charge in [0.2, 0.25) is 0 Å². The first-order valence-corrected chi connectivity index (χ1v) is 11.2. The Hall–Kier alpha value is -4.59. The first kappa shape index (κ1) is 26.0. The lowest BCUT2D eigenvalue weighted by molar-refractivity contribution is -0.134. The van der Waals surface area contributed by atoms with E-state index in [-0.39, 0.29) is 18.6 Å². The monoisotopic (exact) mass is 488 g/mol. The number of hydrogen-bond acceptors (Lipinski definition) is 6. The van der Waals surface area contributed by atoms with Gasteiger partial charge in [-0.1, -0.05) is 48.5 Å². The molecule has 0 spiro atoms. The van der Waals surface area contributed by atoms with E-state index in [4.69, 9.17) is 9.47 Å². The summed E-state index contributed by atoms with van der Waals surface area (Å²) >= 11 is 0. The van der Waals surface area contributed by atoms with Crippen molar-refractivity contribution in [2.24, 2.45) is 0 Å². The van der Waals surface area contributed by atoms with Crippen LogP contribution in [0.1, 0.15) is 34.5 Å². The number of ether oxygens (including phenoxy) is 3. The summed E-state index contributed by atoms with van der Waals surface area (Å²) < 4.78 is 15.5. The number of carbonyl (C=O) groups is 3. The summed E-state index contributed by atoms with van der Waals surface area (Å²) in [5.74, 6) is -0.479. The molecule has 2 amide bonds. The molecule has 3 aromatic rings. The lowest BCUT2D eigenvalue weighted by Crippen LogP contribution is -2.28. The molecule has 8 heteroatoms. The van der Waals surface area contributed by atoms with Gasteiger partial charge in [0.05, 0.1) is 31.5 Å². The SMILES string of the molecule is COC(=O)/C=C/c1ccc(OCC(=O)Nc2ccccc2C(=O)NC(C)c2ccccc2)c(OC)c1. The van der Waals surface area contributed by atoms with E-state index in [9.17, 15) is 14.4 Å². The molecule has 1 unspecified atom stereocenters. The summed E-state index contributed by atoms with van der Waals surface area (Å²) in [7, 11) is 2.77. The number of hydrogen-bond donors (Lipinski definition) is 2. The third-order valence-corrected chi connectivity index (χ3v) is 5.25. The first-order valence-electron chi connectivity index (χ1n) is 11.2. The number of rotatable bonds is 10. The molecule has 0 aliphatic heterocycles. The Morgan fingerprint density at radius 1 is 0.917 bits per heavy atom. The molecule has 0 aromatic heterocycles. The van der Waals surface area contributed by atoms with E-state index < -0.39 is 11.9 Å². The first-order chi connectivity index (χ1) is 17.4. The van der Waals surface area contributed by atoms with Crippen LogP contribution in [0, 0.1) is 0 Å². The maximum absolute atomic E-state index is 12.9. The van der Waals surface area contributed by atoms with Crippen LogP contribution in [0.5, 0.6) is 11.5 Å². The highest BCUT2D eigenvalue weighted by Crippen LogP contribution is 2.28. The standard InChI is InChI=1S/C28H28N2O6/c1-19(21-9-5-4-6-10-21)29-28(33)22-11-7-8-12-23(22)30-26(31)18-36-24-15-13-20(17-25(24)34-2)14-16-27(32)35-3/h4-17,19H,18H2,1-3H3,(H,29,33)(H,30,31)/b16-14+. The number of methoxy groups -OCH3 is 2. The second kappa shape index (κ2) is 12.8. The quantitative estimate of drug-likeness (QED) is 0.324. The molecule has 3 rings (SSSR count). The van der Waals surface area contributed by atoms with Crippen molar-refractivity contribution in [1.82, 2.24) is 5.32 Å². The number of benzene rings is 3. The second-order valence-corrected chi connectivity index (χ2v) is 7.76. The number of esters is 1. The zero-order valence-electron chi connectivity index (χ0n) is 20.3. The van der Waals surface area contributed by atoms with E-state index >= 15 is 0 Å². The Kier molecular flexibility index (Phi) is 9.22. The average Bonchev–Trinajstić information content (AvgIpc) is 2.91. The largest absolute Gasteiger partial charge is 0.493 e. The summed E-state index contributed by atoms with van der Waals surface area (Å²) in [5, 5.41) is 5.69. The van der Waals surface area contributed by atoms with E-state index in [0.29, 0.717) is 28.3 Å². The van der Waals surface area contributed by atoms with Crippen LogP contribution in [0.3, 0.4) is 0 Å². The molecule has 186 valence electrons. The smallest absolute Gasteiger partial charge is 0.330 e. The lowest BCUT2D eigenvalue weighted by atomic mass is 10.1. The topological polar surface area (TPSA) is 103 Å². The van der Waals surface area contributed by atoms with Gasteiger partial charge in [0.15, 0.2) is 18.1 Å². The van der Waals surface area contributed by atoms with Crippen molar-refractivity contribution in [3.8, 4) is 11.5 Å². The molecule has 3 aromatic carbocycles. The van der Waals surface area contributed by atoms with Gasteiger partial charge >= 0.3 is 5.97 Å². The van der Waals surface area contributed by atoms with E-state index in [0.717, 1.165) is 5.56 Å². The third kappa shape index (κ3) is 7.20. The van der Waals surface area contributed by atoms with Crippen LogP contribution in [0.25, 0.3) is 6.08 Å². The van der Waals surface area contributed by atoms with Gasteiger partial charge in [-0.15, -0.1) is 0 Å². The van der Waals surface area contributed by atoms with Gasteiger partial charge in [-0.3, -0.25) is 9.59 Å². The Balaban J connectivity index is 1.63.